The van der Waals surface area contributed by atoms with E-state index in [1.165, 1.54) is 0 Å². The van der Waals surface area contributed by atoms with Crippen molar-refractivity contribution in [3.8, 4) is 0 Å². The third-order valence-electron chi connectivity index (χ3n) is 2.26. The Morgan fingerprint density at radius 3 is 2.79 bits per heavy atom. The molecule has 0 aromatic rings. The minimum Gasteiger partial charge on any atom is -0.376 e. The highest BCUT2D eigenvalue weighted by Gasteiger charge is 2.35. The van der Waals surface area contributed by atoms with Gasteiger partial charge in [0.15, 0.2) is 0 Å². The van der Waals surface area contributed by atoms with Crippen molar-refractivity contribution in [2.75, 3.05) is 29.8 Å². The predicted molar refractivity (Wildman–Crippen MR) is 62.4 cm³/mol. The minimum atomic E-state index is -3.18. The number of hydrogen-bond acceptors (Lipinski definition) is 4. The zero-order chi connectivity index (χ0) is 10.7. The molecule has 0 amide bonds. The van der Waals surface area contributed by atoms with Gasteiger partial charge in [0.25, 0.3) is 0 Å². The maximum Gasteiger partial charge on any atom is 0.221 e. The monoisotopic (exact) mass is 303 g/mol. The SMILES string of the molecule is COC1(CNS(=O)(=O)CBr)CCSC1. The maximum absolute atomic E-state index is 11.2. The summed E-state index contributed by atoms with van der Waals surface area (Å²) in [7, 11) is -1.54. The first kappa shape index (κ1) is 12.8. The molecule has 1 aliphatic rings. The highest BCUT2D eigenvalue weighted by Crippen LogP contribution is 2.30. The fourth-order valence-electron chi connectivity index (χ4n) is 1.24. The number of rotatable bonds is 5. The number of alkyl halides is 1. The lowest BCUT2D eigenvalue weighted by Gasteiger charge is -2.26. The van der Waals surface area contributed by atoms with E-state index in [9.17, 15) is 8.42 Å². The molecule has 0 aromatic heterocycles. The first-order chi connectivity index (χ1) is 6.54. The van der Waals surface area contributed by atoms with E-state index >= 15 is 0 Å². The summed E-state index contributed by atoms with van der Waals surface area (Å²) in [6.07, 6.45) is 0.902. The van der Waals surface area contributed by atoms with E-state index in [-0.39, 0.29) is 10.3 Å². The van der Waals surface area contributed by atoms with Crippen molar-refractivity contribution >= 4 is 37.7 Å². The first-order valence-corrected chi connectivity index (χ1v) is 8.13. The number of thioether (sulfide) groups is 1. The Labute approximate surface area is 97.3 Å². The lowest BCUT2D eigenvalue weighted by Crippen LogP contribution is -2.44. The fourth-order valence-corrected chi connectivity index (χ4v) is 3.68. The lowest BCUT2D eigenvalue weighted by molar-refractivity contribution is 0.0179. The molecule has 0 aromatic carbocycles. The largest absolute Gasteiger partial charge is 0.376 e. The molecule has 0 bridgehead atoms. The summed E-state index contributed by atoms with van der Waals surface area (Å²) in [5.41, 5.74) is -0.306. The van der Waals surface area contributed by atoms with Crippen LogP contribution in [0, 0.1) is 0 Å². The van der Waals surface area contributed by atoms with Crippen LogP contribution >= 0.6 is 27.7 Å². The predicted octanol–water partition coefficient (Wildman–Crippen LogP) is 0.780. The number of sulfonamides is 1. The zero-order valence-electron chi connectivity index (χ0n) is 7.95. The van der Waals surface area contributed by atoms with E-state index in [4.69, 9.17) is 4.74 Å². The van der Waals surface area contributed by atoms with Crippen LogP contribution in [-0.4, -0.2) is 43.8 Å². The van der Waals surface area contributed by atoms with Crippen LogP contribution in [0.5, 0.6) is 0 Å². The molecule has 1 atom stereocenters. The van der Waals surface area contributed by atoms with Gasteiger partial charge in [-0.15, -0.1) is 0 Å². The van der Waals surface area contributed by atoms with Crippen molar-refractivity contribution in [3.63, 3.8) is 0 Å². The molecule has 1 aliphatic heterocycles. The Morgan fingerprint density at radius 2 is 2.36 bits per heavy atom. The van der Waals surface area contributed by atoms with E-state index < -0.39 is 10.0 Å². The number of hydrogen-bond donors (Lipinski definition) is 1. The van der Waals surface area contributed by atoms with Gasteiger partial charge >= 0.3 is 0 Å². The first-order valence-electron chi connectivity index (χ1n) is 4.20. The summed E-state index contributed by atoms with van der Waals surface area (Å²) >= 11 is 4.72. The van der Waals surface area contributed by atoms with Crippen molar-refractivity contribution in [1.82, 2.24) is 4.72 Å². The van der Waals surface area contributed by atoms with Gasteiger partial charge in [-0.05, 0) is 12.2 Å². The third-order valence-corrected chi connectivity index (χ3v) is 6.16. The van der Waals surface area contributed by atoms with Gasteiger partial charge in [0, 0.05) is 19.4 Å². The second kappa shape index (κ2) is 5.16. The van der Waals surface area contributed by atoms with Crippen LogP contribution in [0.4, 0.5) is 0 Å². The molecule has 1 fully saturated rings. The van der Waals surface area contributed by atoms with E-state index in [2.05, 4.69) is 20.7 Å². The molecule has 1 saturated heterocycles. The molecule has 0 radical (unpaired) electrons. The van der Waals surface area contributed by atoms with Crippen molar-refractivity contribution in [1.29, 1.82) is 0 Å². The van der Waals surface area contributed by atoms with Crippen molar-refractivity contribution in [2.45, 2.75) is 12.0 Å². The van der Waals surface area contributed by atoms with Crippen LogP contribution in [0.3, 0.4) is 0 Å². The second-order valence-electron chi connectivity index (χ2n) is 3.23. The smallest absolute Gasteiger partial charge is 0.221 e. The van der Waals surface area contributed by atoms with Crippen molar-refractivity contribution < 1.29 is 13.2 Å². The number of ether oxygens (including phenoxy) is 1. The number of nitrogens with one attached hydrogen (secondary N) is 1. The van der Waals surface area contributed by atoms with Gasteiger partial charge in [-0.2, -0.15) is 11.8 Å². The molecule has 1 N–H and O–H groups in total. The van der Waals surface area contributed by atoms with Crippen molar-refractivity contribution in [3.05, 3.63) is 0 Å². The molecule has 1 heterocycles. The van der Waals surface area contributed by atoms with Gasteiger partial charge in [0.05, 0.1) is 5.60 Å². The maximum atomic E-state index is 11.2. The van der Waals surface area contributed by atoms with Crippen LogP contribution in [0.15, 0.2) is 0 Å². The van der Waals surface area contributed by atoms with E-state index in [0.29, 0.717) is 6.54 Å². The van der Waals surface area contributed by atoms with Gasteiger partial charge in [0.1, 0.15) is 4.66 Å². The fraction of sp³-hybridized carbons (Fsp3) is 1.00. The van der Waals surface area contributed by atoms with Gasteiger partial charge in [-0.3, -0.25) is 0 Å². The Kier molecular flexibility index (Phi) is 4.70. The van der Waals surface area contributed by atoms with Crippen LogP contribution in [0.1, 0.15) is 6.42 Å². The van der Waals surface area contributed by atoms with E-state index in [1.807, 2.05) is 0 Å². The second-order valence-corrected chi connectivity index (χ2v) is 7.45. The molecular formula is C7H14BrNO3S2. The molecule has 1 rings (SSSR count). The van der Waals surface area contributed by atoms with Gasteiger partial charge < -0.3 is 4.74 Å². The average Bonchev–Trinajstić information content (AvgIpc) is 2.65. The van der Waals surface area contributed by atoms with Crippen LogP contribution in [-0.2, 0) is 14.8 Å². The summed E-state index contributed by atoms with van der Waals surface area (Å²) in [5.74, 6) is 1.89. The zero-order valence-corrected chi connectivity index (χ0v) is 11.2. The third kappa shape index (κ3) is 3.37. The highest BCUT2D eigenvalue weighted by atomic mass is 79.9. The quantitative estimate of drug-likeness (QED) is 0.763. The molecule has 1 unspecified atom stereocenters. The number of halogens is 1. The molecule has 0 saturated carbocycles. The molecule has 14 heavy (non-hydrogen) atoms. The van der Waals surface area contributed by atoms with Crippen LogP contribution in [0.25, 0.3) is 0 Å². The Hall–Kier alpha value is 0.700. The van der Waals surface area contributed by atoms with Gasteiger partial charge in [-0.1, -0.05) is 15.9 Å². The summed E-state index contributed by atoms with van der Waals surface area (Å²) < 4.78 is 30.2. The molecule has 0 spiro atoms. The van der Waals surface area contributed by atoms with Crippen LogP contribution in [0.2, 0.25) is 0 Å². The lowest BCUT2D eigenvalue weighted by atomic mass is 10.0. The van der Waals surface area contributed by atoms with E-state index in [0.717, 1.165) is 17.9 Å². The Bertz CT molecular complexity index is 275. The van der Waals surface area contributed by atoms with Gasteiger partial charge in [0.2, 0.25) is 10.0 Å². The molecule has 84 valence electrons. The molecule has 7 heteroatoms. The van der Waals surface area contributed by atoms with Gasteiger partial charge in [-0.25, -0.2) is 13.1 Å². The molecule has 4 nitrogen and oxygen atoms in total. The van der Waals surface area contributed by atoms with Crippen LogP contribution < -0.4 is 4.72 Å². The minimum absolute atomic E-state index is 0.0626. The summed E-state index contributed by atoms with van der Waals surface area (Å²) in [4.78, 5) is 0. The topological polar surface area (TPSA) is 55.4 Å². The molecular weight excluding hydrogens is 290 g/mol. The van der Waals surface area contributed by atoms with Crippen molar-refractivity contribution in [2.24, 2.45) is 0 Å². The highest BCUT2D eigenvalue weighted by molar-refractivity contribution is 9.10. The normalized spacial score (nSPS) is 28.1. The Morgan fingerprint density at radius 1 is 1.64 bits per heavy atom. The summed E-state index contributed by atoms with van der Waals surface area (Å²) in [6.45, 7) is 0.366. The average molecular weight is 304 g/mol. The Balaban J connectivity index is 2.50. The summed E-state index contributed by atoms with van der Waals surface area (Å²) in [6, 6.07) is 0. The number of methoxy groups -OCH3 is 1. The standard InChI is InChI=1S/C7H14BrNO3S2/c1-12-7(2-3-13-5-7)4-9-14(10,11)6-8/h9H,2-6H2,1H3. The summed E-state index contributed by atoms with van der Waals surface area (Å²) in [5, 5.41) is 0. The van der Waals surface area contributed by atoms with E-state index in [1.54, 1.807) is 18.9 Å². The molecule has 0 aliphatic carbocycles.